The van der Waals surface area contributed by atoms with Crippen LogP contribution in [0.1, 0.15) is 49.1 Å². The number of aliphatic carboxylic acids is 1. The van der Waals surface area contributed by atoms with E-state index in [1.54, 1.807) is 4.90 Å². The Balaban J connectivity index is 1.10. The first-order valence-electron chi connectivity index (χ1n) is 12.3. The summed E-state index contributed by atoms with van der Waals surface area (Å²) >= 11 is 1.40. The van der Waals surface area contributed by atoms with Crippen LogP contribution in [-0.2, 0) is 14.3 Å². The zero-order valence-corrected chi connectivity index (χ0v) is 20.6. The van der Waals surface area contributed by atoms with Gasteiger partial charge in [-0.05, 0) is 35.1 Å². The first-order chi connectivity index (χ1) is 17.0. The van der Waals surface area contributed by atoms with E-state index in [4.69, 9.17) is 9.84 Å². The fourth-order valence-corrected chi connectivity index (χ4v) is 5.82. The molecule has 1 aliphatic carbocycles. The average molecular weight is 497 g/mol. The number of carboxylic acids is 1. The Morgan fingerprint density at radius 1 is 0.971 bits per heavy atom. The maximum atomic E-state index is 12.3. The number of nitrogens with one attached hydrogen (secondary N) is 1. The van der Waals surface area contributed by atoms with Crippen LogP contribution in [0.15, 0.2) is 48.5 Å². The SMILES string of the molecule is O=C(NCCCCCCC(=O)N1CCSC(C(=O)O)C1)OCC1c2ccccc2-c2ccccc21. The van der Waals surface area contributed by atoms with E-state index in [1.807, 2.05) is 24.3 Å². The van der Waals surface area contributed by atoms with Crippen LogP contribution in [0.25, 0.3) is 11.1 Å². The van der Waals surface area contributed by atoms with Crippen LogP contribution in [0.3, 0.4) is 0 Å². The van der Waals surface area contributed by atoms with Crippen molar-refractivity contribution in [3.8, 4) is 11.1 Å². The lowest BCUT2D eigenvalue weighted by Gasteiger charge is -2.30. The second kappa shape index (κ2) is 12.1. The maximum Gasteiger partial charge on any atom is 0.407 e. The van der Waals surface area contributed by atoms with E-state index in [1.165, 1.54) is 34.0 Å². The number of amides is 2. The Kier molecular flexibility index (Phi) is 8.69. The molecule has 2 amide bonds. The van der Waals surface area contributed by atoms with Crippen LogP contribution < -0.4 is 5.32 Å². The second-order valence-corrected chi connectivity index (χ2v) is 10.3. The third-order valence-electron chi connectivity index (χ3n) is 6.63. The molecule has 0 radical (unpaired) electrons. The molecule has 1 unspecified atom stereocenters. The normalized spacial score (nSPS) is 16.9. The van der Waals surface area contributed by atoms with Crippen molar-refractivity contribution < 1.29 is 24.2 Å². The van der Waals surface area contributed by atoms with Gasteiger partial charge in [0.15, 0.2) is 0 Å². The molecule has 0 saturated carbocycles. The van der Waals surface area contributed by atoms with Crippen molar-refractivity contribution in [1.29, 1.82) is 0 Å². The van der Waals surface area contributed by atoms with Gasteiger partial charge in [0.25, 0.3) is 0 Å². The highest BCUT2D eigenvalue weighted by molar-refractivity contribution is 8.00. The highest BCUT2D eigenvalue weighted by Crippen LogP contribution is 2.44. The smallest absolute Gasteiger partial charge is 0.407 e. The molecule has 1 saturated heterocycles. The Bertz CT molecular complexity index is 1010. The average Bonchev–Trinajstić information content (AvgIpc) is 3.20. The quantitative estimate of drug-likeness (QED) is 0.470. The van der Waals surface area contributed by atoms with Crippen molar-refractivity contribution in [2.24, 2.45) is 0 Å². The summed E-state index contributed by atoms with van der Waals surface area (Å²) in [6, 6.07) is 16.5. The van der Waals surface area contributed by atoms with E-state index >= 15 is 0 Å². The molecule has 0 spiro atoms. The van der Waals surface area contributed by atoms with Crippen LogP contribution >= 0.6 is 11.8 Å². The molecule has 4 rings (SSSR count). The molecular weight excluding hydrogens is 464 g/mol. The van der Waals surface area contributed by atoms with Crippen molar-refractivity contribution >= 4 is 29.7 Å². The van der Waals surface area contributed by atoms with Crippen LogP contribution in [0.5, 0.6) is 0 Å². The Hall–Kier alpha value is -3.00. The largest absolute Gasteiger partial charge is 0.480 e. The summed E-state index contributed by atoms with van der Waals surface area (Å²) in [5.41, 5.74) is 4.80. The number of hydrogen-bond acceptors (Lipinski definition) is 5. The van der Waals surface area contributed by atoms with Crippen molar-refractivity contribution in [1.82, 2.24) is 10.2 Å². The molecule has 8 heteroatoms. The zero-order chi connectivity index (χ0) is 24.6. The van der Waals surface area contributed by atoms with E-state index in [9.17, 15) is 14.4 Å². The molecule has 2 aliphatic rings. The molecule has 2 N–H and O–H groups in total. The lowest BCUT2D eigenvalue weighted by atomic mass is 9.98. The number of carboxylic acid groups (broad SMARTS) is 1. The summed E-state index contributed by atoms with van der Waals surface area (Å²) in [5.74, 6) is -0.0933. The van der Waals surface area contributed by atoms with Gasteiger partial charge in [-0.3, -0.25) is 9.59 Å². The fourth-order valence-electron chi connectivity index (χ4n) is 4.78. The van der Waals surface area contributed by atoms with Gasteiger partial charge in [-0.2, -0.15) is 0 Å². The van der Waals surface area contributed by atoms with Gasteiger partial charge in [0.2, 0.25) is 5.91 Å². The molecule has 186 valence electrons. The molecule has 1 atom stereocenters. The van der Waals surface area contributed by atoms with Gasteiger partial charge in [0.05, 0.1) is 0 Å². The van der Waals surface area contributed by atoms with Crippen molar-refractivity contribution in [3.63, 3.8) is 0 Å². The van der Waals surface area contributed by atoms with Crippen molar-refractivity contribution in [2.75, 3.05) is 32.0 Å². The van der Waals surface area contributed by atoms with Gasteiger partial charge < -0.3 is 20.1 Å². The lowest BCUT2D eigenvalue weighted by molar-refractivity contribution is -0.138. The molecule has 0 bridgehead atoms. The summed E-state index contributed by atoms with van der Waals surface area (Å²) in [6.07, 6.45) is 3.42. The van der Waals surface area contributed by atoms with Gasteiger partial charge in [0.1, 0.15) is 11.9 Å². The molecule has 0 aromatic heterocycles. The van der Waals surface area contributed by atoms with Gasteiger partial charge in [0, 0.05) is 37.7 Å². The van der Waals surface area contributed by atoms with E-state index in [2.05, 4.69) is 29.6 Å². The predicted molar refractivity (Wildman–Crippen MR) is 137 cm³/mol. The Morgan fingerprint density at radius 3 is 2.31 bits per heavy atom. The van der Waals surface area contributed by atoms with Crippen molar-refractivity contribution in [3.05, 3.63) is 59.7 Å². The number of thioether (sulfide) groups is 1. The minimum absolute atomic E-state index is 0.0355. The summed E-state index contributed by atoms with van der Waals surface area (Å²) in [7, 11) is 0. The molecule has 1 heterocycles. The third kappa shape index (κ3) is 6.36. The highest BCUT2D eigenvalue weighted by atomic mass is 32.2. The monoisotopic (exact) mass is 496 g/mol. The third-order valence-corrected chi connectivity index (χ3v) is 7.80. The number of carbonyl (C=O) groups is 3. The number of rotatable bonds is 10. The molecule has 1 aliphatic heterocycles. The molecule has 1 fully saturated rings. The molecule has 2 aromatic rings. The Morgan fingerprint density at radius 2 is 1.63 bits per heavy atom. The standard InChI is InChI=1S/C27H32N2O5S/c30-25(29-15-16-35-24(17-29)26(31)32)13-3-1-2-8-14-28-27(33)34-18-23-21-11-6-4-9-19(21)20-10-5-7-12-22(20)23/h4-7,9-12,23-24H,1-3,8,13-18H2,(H,28,33)(H,31,32). The van der Waals surface area contributed by atoms with E-state index in [-0.39, 0.29) is 11.8 Å². The summed E-state index contributed by atoms with van der Waals surface area (Å²) in [4.78, 5) is 37.4. The number of unbranched alkanes of at least 4 members (excludes halogenated alkanes) is 3. The van der Waals surface area contributed by atoms with Crippen molar-refractivity contribution in [2.45, 2.75) is 43.3 Å². The van der Waals surface area contributed by atoms with Crippen LogP contribution in [0.2, 0.25) is 0 Å². The predicted octanol–water partition coefficient (Wildman–Crippen LogP) is 4.50. The number of hydrogen-bond donors (Lipinski definition) is 2. The molecule has 2 aromatic carbocycles. The first kappa shape index (κ1) is 25.1. The van der Waals surface area contributed by atoms with E-state index in [0.717, 1.165) is 25.7 Å². The fraction of sp³-hybridized carbons (Fsp3) is 0.444. The van der Waals surface area contributed by atoms with Gasteiger partial charge in [-0.25, -0.2) is 4.79 Å². The topological polar surface area (TPSA) is 95.9 Å². The van der Waals surface area contributed by atoms with E-state index < -0.39 is 17.3 Å². The second-order valence-electron chi connectivity index (χ2n) is 8.95. The first-order valence-corrected chi connectivity index (χ1v) is 13.3. The minimum atomic E-state index is -0.851. The number of ether oxygens (including phenoxy) is 1. The summed E-state index contributed by atoms with van der Waals surface area (Å²) in [6.45, 7) is 1.76. The number of alkyl carbamates (subject to hydrolysis) is 1. The number of benzene rings is 2. The molecule has 35 heavy (non-hydrogen) atoms. The molecular formula is C27H32N2O5S. The number of fused-ring (bicyclic) bond motifs is 3. The van der Waals surface area contributed by atoms with Crippen LogP contribution in [-0.4, -0.2) is 65.2 Å². The molecule has 7 nitrogen and oxygen atoms in total. The lowest BCUT2D eigenvalue weighted by Crippen LogP contribution is -2.44. The zero-order valence-electron chi connectivity index (χ0n) is 19.8. The maximum absolute atomic E-state index is 12.3. The van der Waals surface area contributed by atoms with Crippen LogP contribution in [0.4, 0.5) is 4.79 Å². The number of nitrogens with zero attached hydrogens (tertiary/aromatic N) is 1. The van der Waals surface area contributed by atoms with Gasteiger partial charge >= 0.3 is 12.1 Å². The van der Waals surface area contributed by atoms with Gasteiger partial charge in [-0.1, -0.05) is 61.4 Å². The summed E-state index contributed by atoms with van der Waals surface area (Å²) < 4.78 is 5.55. The minimum Gasteiger partial charge on any atom is -0.480 e. The highest BCUT2D eigenvalue weighted by Gasteiger charge is 2.29. The van der Waals surface area contributed by atoms with E-state index in [0.29, 0.717) is 38.4 Å². The number of carbonyl (C=O) groups excluding carboxylic acids is 2. The summed E-state index contributed by atoms with van der Waals surface area (Å²) in [5, 5.41) is 11.5. The van der Waals surface area contributed by atoms with Crippen LogP contribution in [0, 0.1) is 0 Å². The Labute approximate surface area is 210 Å². The van der Waals surface area contributed by atoms with Gasteiger partial charge in [-0.15, -0.1) is 11.8 Å².